The molecule has 0 aliphatic carbocycles. The van der Waals surface area contributed by atoms with Crippen molar-refractivity contribution in [3.8, 4) is 11.4 Å². The first kappa shape index (κ1) is 11.4. The van der Waals surface area contributed by atoms with Gasteiger partial charge in [0.25, 0.3) is 0 Å². The smallest absolute Gasteiger partial charge is 0.227 e. The lowest BCUT2D eigenvalue weighted by molar-refractivity contribution is 0.652. The Morgan fingerprint density at radius 2 is 1.84 bits per heavy atom. The molecule has 25 heavy (non-hydrogen) atoms. The zero-order valence-electron chi connectivity index (χ0n) is 16.9. The molecule has 4 heteroatoms. The molecule has 0 fully saturated rings. The Kier molecular flexibility index (Phi) is 2.25. The van der Waals surface area contributed by atoms with Gasteiger partial charge in [-0.1, -0.05) is 24.3 Å². The van der Waals surface area contributed by atoms with Gasteiger partial charge >= 0.3 is 0 Å². The van der Waals surface area contributed by atoms with Crippen LogP contribution in [0.2, 0.25) is 0 Å². The van der Waals surface area contributed by atoms with Crippen molar-refractivity contribution < 1.29 is 8.53 Å². The molecule has 0 bridgehead atoms. The van der Waals surface area contributed by atoms with E-state index in [1.54, 1.807) is 12.1 Å². The van der Waals surface area contributed by atoms with E-state index in [-0.39, 0.29) is 5.69 Å². The zero-order valence-corrected chi connectivity index (χ0v) is 13.9. The van der Waals surface area contributed by atoms with Gasteiger partial charge in [0.2, 0.25) is 5.71 Å². The molecule has 0 spiro atoms. The Morgan fingerprint density at radius 3 is 2.68 bits per heavy atom. The van der Waals surface area contributed by atoms with Crippen LogP contribution in [0.3, 0.4) is 0 Å². The van der Waals surface area contributed by atoms with Gasteiger partial charge in [0.1, 0.15) is 11.4 Å². The van der Waals surface area contributed by atoms with E-state index in [0.717, 1.165) is 38.8 Å². The van der Waals surface area contributed by atoms with Crippen LogP contribution >= 0.6 is 0 Å². The molecule has 3 aromatic heterocycles. The van der Waals surface area contributed by atoms with Gasteiger partial charge in [-0.25, -0.2) is 9.97 Å². The lowest BCUT2D eigenvalue weighted by atomic mass is 10.0. The van der Waals surface area contributed by atoms with Crippen LogP contribution in [0.1, 0.15) is 15.4 Å². The van der Waals surface area contributed by atoms with Crippen molar-refractivity contribution in [3.05, 3.63) is 59.8 Å². The molecule has 0 aliphatic rings. The van der Waals surface area contributed by atoms with Crippen molar-refractivity contribution in [2.45, 2.75) is 13.8 Å². The summed E-state index contributed by atoms with van der Waals surface area (Å²) >= 11 is 0. The van der Waals surface area contributed by atoms with Crippen LogP contribution in [0.15, 0.2) is 52.9 Å². The van der Waals surface area contributed by atoms with Crippen LogP contribution in [-0.4, -0.2) is 14.5 Å². The fourth-order valence-corrected chi connectivity index (χ4v) is 3.47. The van der Waals surface area contributed by atoms with Gasteiger partial charge in [0.05, 0.1) is 16.6 Å². The Labute approximate surface area is 148 Å². The molecule has 0 N–H and O–H groups in total. The van der Waals surface area contributed by atoms with Crippen molar-refractivity contribution in [1.82, 2.24) is 14.5 Å². The molecule has 0 amide bonds. The van der Waals surface area contributed by atoms with Crippen molar-refractivity contribution in [2.24, 2.45) is 7.05 Å². The number of pyridine rings is 1. The normalized spacial score (nSPS) is 14.1. The maximum Gasteiger partial charge on any atom is 0.227 e. The molecular formula is C21H17N3O. The van der Waals surface area contributed by atoms with Gasteiger partial charge in [0.15, 0.2) is 0 Å². The third kappa shape index (κ3) is 1.94. The second kappa shape index (κ2) is 4.93. The lowest BCUT2D eigenvalue weighted by Crippen LogP contribution is -1.95. The largest absolute Gasteiger partial charge is 0.437 e. The van der Waals surface area contributed by atoms with Crippen LogP contribution in [0, 0.1) is 13.8 Å². The summed E-state index contributed by atoms with van der Waals surface area (Å²) in [4.78, 5) is 9.07. The molecule has 0 unspecified atom stereocenters. The Bertz CT molecular complexity index is 1380. The fourth-order valence-electron chi connectivity index (χ4n) is 3.47. The van der Waals surface area contributed by atoms with Crippen molar-refractivity contribution in [2.75, 3.05) is 0 Å². The second-order valence-corrected chi connectivity index (χ2v) is 6.27. The van der Waals surface area contributed by atoms with Gasteiger partial charge in [-0.2, -0.15) is 0 Å². The fraction of sp³-hybridized carbons (Fsp3) is 0.143. The third-order valence-corrected chi connectivity index (χ3v) is 4.73. The van der Waals surface area contributed by atoms with Crippen molar-refractivity contribution in [3.63, 3.8) is 0 Å². The third-order valence-electron chi connectivity index (χ3n) is 4.73. The zero-order chi connectivity index (χ0) is 19.6. The Hall–Kier alpha value is -3.14. The highest BCUT2D eigenvalue weighted by Gasteiger charge is 2.19. The first-order chi connectivity index (χ1) is 13.3. The highest BCUT2D eigenvalue weighted by molar-refractivity contribution is 6.09. The number of furan rings is 1. The van der Waals surface area contributed by atoms with E-state index in [4.69, 9.17) is 13.5 Å². The van der Waals surface area contributed by atoms with Gasteiger partial charge in [-0.3, -0.25) is 0 Å². The number of nitrogens with zero attached hydrogens (tertiary/aromatic N) is 3. The number of hydrogen-bond donors (Lipinski definition) is 0. The lowest BCUT2D eigenvalue weighted by Gasteiger charge is -2.07. The molecule has 0 radical (unpaired) electrons. The summed E-state index contributed by atoms with van der Waals surface area (Å²) in [6, 6.07) is 15.3. The van der Waals surface area contributed by atoms with Gasteiger partial charge < -0.3 is 8.98 Å². The number of imidazole rings is 1. The number of hydrogen-bond acceptors (Lipinski definition) is 3. The van der Waals surface area contributed by atoms with Crippen LogP contribution in [-0.2, 0) is 7.05 Å². The maximum atomic E-state index is 7.60. The van der Waals surface area contributed by atoms with E-state index in [1.165, 1.54) is 0 Å². The molecule has 0 atom stereocenters. The van der Waals surface area contributed by atoms with Gasteiger partial charge in [-0.05, 0) is 43.6 Å². The van der Waals surface area contributed by atoms with E-state index in [9.17, 15) is 0 Å². The van der Waals surface area contributed by atoms with E-state index < -0.39 is 6.85 Å². The Morgan fingerprint density at radius 1 is 1.00 bits per heavy atom. The number of para-hydroxylation sites is 2. The summed E-state index contributed by atoms with van der Waals surface area (Å²) in [7, 11) is 1.98. The summed E-state index contributed by atoms with van der Waals surface area (Å²) < 4.78 is 30.9. The van der Waals surface area contributed by atoms with Gasteiger partial charge in [-0.15, -0.1) is 0 Å². The number of aryl methyl sites for hydroxylation is 3. The average Bonchev–Trinajstić information content (AvgIpc) is 3.18. The molecule has 5 rings (SSSR count). The molecule has 0 saturated heterocycles. The van der Waals surface area contributed by atoms with Gasteiger partial charge in [0, 0.05) is 27.6 Å². The predicted octanol–water partition coefficient (Wildman–Crippen LogP) is 5.15. The highest BCUT2D eigenvalue weighted by Crippen LogP contribution is 2.37. The summed E-state index contributed by atoms with van der Waals surface area (Å²) in [5.41, 5.74) is 4.90. The molecule has 0 aliphatic heterocycles. The quantitative estimate of drug-likeness (QED) is 0.427. The number of aromatic nitrogens is 3. The predicted molar refractivity (Wildman–Crippen MR) is 101 cm³/mol. The van der Waals surface area contributed by atoms with Crippen LogP contribution < -0.4 is 0 Å². The number of fused-ring (bicyclic) bond motifs is 4. The minimum Gasteiger partial charge on any atom is -0.437 e. The first-order valence-corrected chi connectivity index (χ1v) is 8.10. The standard InChI is InChI=1S/C21H17N3O/c1-12-8-10-14-15-11-9-13(2)22-21(15)25-19(14)18(12)20-23-16-6-4-5-7-17(16)24(20)3/h4-11H,1-3H3/i2D3. The van der Waals surface area contributed by atoms with E-state index in [2.05, 4.69) is 4.98 Å². The maximum absolute atomic E-state index is 7.60. The number of rotatable bonds is 1. The molecule has 122 valence electrons. The minimum atomic E-state index is -2.27. The first-order valence-electron chi connectivity index (χ1n) is 9.60. The summed E-state index contributed by atoms with van der Waals surface area (Å²) in [6.45, 7) is -0.258. The van der Waals surface area contributed by atoms with Crippen LogP contribution in [0.4, 0.5) is 0 Å². The van der Waals surface area contributed by atoms with Crippen molar-refractivity contribution in [1.29, 1.82) is 0 Å². The Balaban J connectivity index is 1.85. The second-order valence-electron chi connectivity index (χ2n) is 6.27. The molecule has 4 nitrogen and oxygen atoms in total. The van der Waals surface area contributed by atoms with E-state index in [1.807, 2.05) is 54.9 Å². The average molecular weight is 330 g/mol. The molecular weight excluding hydrogens is 310 g/mol. The van der Waals surface area contributed by atoms with Crippen LogP contribution in [0.5, 0.6) is 0 Å². The summed E-state index contributed by atoms with van der Waals surface area (Å²) in [5.74, 6) is 0.805. The van der Waals surface area contributed by atoms with E-state index in [0.29, 0.717) is 11.3 Å². The molecule has 5 aromatic rings. The van der Waals surface area contributed by atoms with E-state index >= 15 is 0 Å². The molecule has 2 aromatic carbocycles. The summed E-state index contributed by atoms with van der Waals surface area (Å²) in [5, 5.41) is 1.69. The topological polar surface area (TPSA) is 43.9 Å². The summed E-state index contributed by atoms with van der Waals surface area (Å²) in [6.07, 6.45) is 0. The minimum absolute atomic E-state index is 0.0278. The monoisotopic (exact) mass is 330 g/mol. The SMILES string of the molecule is [2H]C([2H])([2H])c1ccc2c(n1)oc1c(-c3nc4ccccc4n3C)c(C)ccc12. The number of benzene rings is 2. The molecule has 0 saturated carbocycles. The van der Waals surface area contributed by atoms with Crippen molar-refractivity contribution >= 4 is 33.1 Å². The highest BCUT2D eigenvalue weighted by atomic mass is 16.3. The molecule has 3 heterocycles. The van der Waals surface area contributed by atoms with Crippen LogP contribution in [0.25, 0.3) is 44.5 Å².